The minimum Gasteiger partial charge on any atom is -0.379 e. The molecule has 0 radical (unpaired) electrons. The van der Waals surface area contributed by atoms with E-state index in [1.165, 1.54) is 5.56 Å². The Morgan fingerprint density at radius 3 is 2.48 bits per heavy atom. The summed E-state index contributed by atoms with van der Waals surface area (Å²) >= 11 is 0. The number of amides is 1. The van der Waals surface area contributed by atoms with Crippen LogP contribution < -0.4 is 0 Å². The summed E-state index contributed by atoms with van der Waals surface area (Å²) in [7, 11) is 0. The number of carbonyl (C=O) groups is 1. The largest absolute Gasteiger partial charge is 0.419 e. The Balaban J connectivity index is 1.49. The molecule has 0 spiro atoms. The third kappa shape index (κ3) is 3.22. The van der Waals surface area contributed by atoms with Gasteiger partial charge >= 0.3 is 6.18 Å². The maximum atomic E-state index is 12.8. The van der Waals surface area contributed by atoms with E-state index in [-0.39, 0.29) is 24.8 Å². The van der Waals surface area contributed by atoms with Crippen LogP contribution >= 0.6 is 0 Å². The van der Waals surface area contributed by atoms with Gasteiger partial charge in [-0.2, -0.15) is 13.2 Å². The summed E-state index contributed by atoms with van der Waals surface area (Å²) in [6, 6.07) is 10.0. The van der Waals surface area contributed by atoms with Gasteiger partial charge in [-0.05, 0) is 30.2 Å². The van der Waals surface area contributed by atoms with Crippen molar-refractivity contribution in [3.05, 3.63) is 35.9 Å². The molecule has 3 nitrogen and oxygen atoms in total. The zero-order chi connectivity index (χ0) is 16.7. The Hall–Kier alpha value is -1.56. The minimum atomic E-state index is -4.68. The van der Waals surface area contributed by atoms with Crippen LogP contribution in [0, 0.1) is 5.92 Å². The van der Waals surface area contributed by atoms with Crippen LogP contribution in [0.3, 0.4) is 0 Å². The second-order valence-electron chi connectivity index (χ2n) is 6.74. The number of aliphatic hydroxyl groups is 1. The lowest BCUT2D eigenvalue weighted by atomic mass is 9.70. The van der Waals surface area contributed by atoms with E-state index in [2.05, 4.69) is 12.1 Å². The second-order valence-corrected chi connectivity index (χ2v) is 6.74. The highest BCUT2D eigenvalue weighted by atomic mass is 19.4. The van der Waals surface area contributed by atoms with Gasteiger partial charge in [-0.3, -0.25) is 4.79 Å². The fourth-order valence-corrected chi connectivity index (χ4v) is 3.51. The van der Waals surface area contributed by atoms with Crippen molar-refractivity contribution in [2.45, 2.75) is 43.4 Å². The number of alkyl halides is 3. The van der Waals surface area contributed by atoms with Crippen molar-refractivity contribution in [1.82, 2.24) is 4.90 Å². The van der Waals surface area contributed by atoms with Crippen LogP contribution in [0.5, 0.6) is 0 Å². The minimum absolute atomic E-state index is 0.0241. The lowest BCUT2D eigenvalue weighted by Crippen LogP contribution is -2.48. The molecule has 23 heavy (non-hydrogen) atoms. The molecule has 1 aromatic carbocycles. The Labute approximate surface area is 133 Å². The lowest BCUT2D eigenvalue weighted by molar-refractivity contribution is -0.253. The van der Waals surface area contributed by atoms with Gasteiger partial charge in [0.05, 0.1) is 6.54 Å². The number of nitrogens with zero attached hydrogens (tertiary/aromatic N) is 1. The predicted octanol–water partition coefficient (Wildman–Crippen LogP) is 3.10. The van der Waals surface area contributed by atoms with Crippen LogP contribution in [0.25, 0.3) is 0 Å². The molecule has 1 heterocycles. The van der Waals surface area contributed by atoms with Gasteiger partial charge in [0.15, 0.2) is 5.60 Å². The molecule has 3 rings (SSSR count). The normalized spacial score (nSPS) is 31.0. The van der Waals surface area contributed by atoms with Gasteiger partial charge in [0.1, 0.15) is 0 Å². The van der Waals surface area contributed by atoms with Crippen molar-refractivity contribution in [3.8, 4) is 0 Å². The van der Waals surface area contributed by atoms with Crippen LogP contribution in [0.15, 0.2) is 30.3 Å². The first-order valence-corrected chi connectivity index (χ1v) is 7.90. The topological polar surface area (TPSA) is 40.5 Å². The molecule has 1 aliphatic heterocycles. The van der Waals surface area contributed by atoms with Crippen molar-refractivity contribution in [2.24, 2.45) is 5.92 Å². The quantitative estimate of drug-likeness (QED) is 0.927. The van der Waals surface area contributed by atoms with Gasteiger partial charge < -0.3 is 10.0 Å². The van der Waals surface area contributed by atoms with Crippen LogP contribution in [0.2, 0.25) is 0 Å². The predicted molar refractivity (Wildman–Crippen MR) is 78.7 cm³/mol. The lowest BCUT2D eigenvalue weighted by Gasteiger charge is -2.36. The van der Waals surface area contributed by atoms with Crippen molar-refractivity contribution in [3.63, 3.8) is 0 Å². The van der Waals surface area contributed by atoms with E-state index in [9.17, 15) is 23.1 Å². The fourth-order valence-electron chi connectivity index (χ4n) is 3.51. The summed E-state index contributed by atoms with van der Waals surface area (Å²) in [5.41, 5.74) is -1.49. The SMILES string of the molecule is O=C(CC1CC(c2ccccc2)C1)N1CCC(O)(C(F)(F)F)C1. The van der Waals surface area contributed by atoms with Crippen molar-refractivity contribution < 1.29 is 23.1 Å². The zero-order valence-electron chi connectivity index (χ0n) is 12.7. The van der Waals surface area contributed by atoms with Gasteiger partial charge in [-0.1, -0.05) is 30.3 Å². The monoisotopic (exact) mass is 327 g/mol. The highest BCUT2D eigenvalue weighted by Gasteiger charge is 2.57. The highest BCUT2D eigenvalue weighted by Crippen LogP contribution is 2.44. The third-order valence-electron chi connectivity index (χ3n) is 5.10. The van der Waals surface area contributed by atoms with E-state index < -0.39 is 24.7 Å². The standard InChI is InChI=1S/C17H20F3NO2/c18-17(19,20)16(23)6-7-21(11-16)15(22)10-12-8-14(9-12)13-4-2-1-3-5-13/h1-5,12,14,23H,6-11H2. The molecule has 1 unspecified atom stereocenters. The Morgan fingerprint density at radius 1 is 1.26 bits per heavy atom. The number of benzene rings is 1. The molecule has 6 heteroatoms. The van der Waals surface area contributed by atoms with Gasteiger partial charge in [0, 0.05) is 19.4 Å². The number of hydrogen-bond acceptors (Lipinski definition) is 2. The van der Waals surface area contributed by atoms with E-state index in [0.717, 1.165) is 17.7 Å². The number of halogens is 3. The maximum Gasteiger partial charge on any atom is 0.419 e. The van der Waals surface area contributed by atoms with E-state index in [1.54, 1.807) is 0 Å². The molecule has 126 valence electrons. The Morgan fingerprint density at radius 2 is 1.91 bits per heavy atom. The molecule has 2 fully saturated rings. The zero-order valence-corrected chi connectivity index (χ0v) is 12.7. The molecular weight excluding hydrogens is 307 g/mol. The van der Waals surface area contributed by atoms with Crippen molar-refractivity contribution in [2.75, 3.05) is 13.1 Å². The molecule has 1 N–H and O–H groups in total. The number of β-amino-alcohol motifs (C(OH)–C–C–N with tert-alkyl or cyclic N) is 1. The maximum absolute atomic E-state index is 12.8. The molecule has 0 bridgehead atoms. The molecule has 1 aliphatic carbocycles. The summed E-state index contributed by atoms with van der Waals surface area (Å²) in [5.74, 6) is 0.397. The second kappa shape index (κ2) is 5.82. The van der Waals surface area contributed by atoms with Crippen LogP contribution in [0.4, 0.5) is 13.2 Å². The van der Waals surface area contributed by atoms with E-state index >= 15 is 0 Å². The fraction of sp³-hybridized carbons (Fsp3) is 0.588. The first-order valence-electron chi connectivity index (χ1n) is 7.90. The van der Waals surface area contributed by atoms with E-state index in [0.29, 0.717) is 5.92 Å². The first kappa shape index (κ1) is 16.3. The summed E-state index contributed by atoms with van der Waals surface area (Å²) in [5, 5.41) is 9.62. The highest BCUT2D eigenvalue weighted by molar-refractivity contribution is 5.77. The molecule has 2 aliphatic rings. The molecule has 1 atom stereocenters. The molecule has 1 saturated carbocycles. The Bertz CT molecular complexity index is 569. The van der Waals surface area contributed by atoms with Crippen LogP contribution in [0.1, 0.15) is 37.2 Å². The molecular formula is C17H20F3NO2. The molecule has 1 saturated heterocycles. The van der Waals surface area contributed by atoms with E-state index in [4.69, 9.17) is 0 Å². The Kier molecular flexibility index (Phi) is 4.12. The van der Waals surface area contributed by atoms with Crippen molar-refractivity contribution in [1.29, 1.82) is 0 Å². The summed E-state index contributed by atoms with van der Waals surface area (Å²) < 4.78 is 38.3. The average Bonchev–Trinajstić information content (AvgIpc) is 2.87. The van der Waals surface area contributed by atoms with E-state index in [1.807, 2.05) is 18.2 Å². The smallest absolute Gasteiger partial charge is 0.379 e. The van der Waals surface area contributed by atoms with Crippen LogP contribution in [-0.2, 0) is 4.79 Å². The van der Waals surface area contributed by atoms with Crippen LogP contribution in [-0.4, -0.2) is 40.8 Å². The number of likely N-dealkylation sites (tertiary alicyclic amines) is 1. The van der Waals surface area contributed by atoms with Gasteiger partial charge in [-0.15, -0.1) is 0 Å². The number of hydrogen-bond donors (Lipinski definition) is 1. The van der Waals surface area contributed by atoms with Gasteiger partial charge in [0.2, 0.25) is 5.91 Å². The van der Waals surface area contributed by atoms with Crippen molar-refractivity contribution >= 4 is 5.91 Å². The summed E-state index contributed by atoms with van der Waals surface area (Å²) in [4.78, 5) is 13.3. The van der Waals surface area contributed by atoms with Gasteiger partial charge in [-0.25, -0.2) is 0 Å². The van der Waals surface area contributed by atoms with Gasteiger partial charge in [0.25, 0.3) is 0 Å². The molecule has 1 aromatic rings. The first-order chi connectivity index (χ1) is 10.8. The molecule has 1 amide bonds. The summed E-state index contributed by atoms with van der Waals surface area (Å²) in [6.07, 6.45) is -3.05. The molecule has 0 aromatic heterocycles. The summed E-state index contributed by atoms with van der Waals surface area (Å²) in [6.45, 7) is -0.659. The third-order valence-corrected chi connectivity index (χ3v) is 5.10. The average molecular weight is 327 g/mol. The number of rotatable bonds is 3. The number of carbonyl (C=O) groups excluding carboxylic acids is 1.